The fourth-order valence-corrected chi connectivity index (χ4v) is 3.65. The summed E-state index contributed by atoms with van der Waals surface area (Å²) in [6.45, 7) is 2.51. The van der Waals surface area contributed by atoms with Crippen LogP contribution in [0.3, 0.4) is 0 Å². The van der Waals surface area contributed by atoms with Gasteiger partial charge in [0.05, 0.1) is 24.9 Å². The lowest BCUT2D eigenvalue weighted by atomic mass is 10.1. The molecule has 0 unspecified atom stereocenters. The molecule has 0 fully saturated rings. The van der Waals surface area contributed by atoms with E-state index in [1.807, 2.05) is 25.3 Å². The molecule has 29 heavy (non-hydrogen) atoms. The van der Waals surface area contributed by atoms with Gasteiger partial charge in [0.25, 0.3) is 0 Å². The van der Waals surface area contributed by atoms with E-state index in [-0.39, 0.29) is 0 Å². The van der Waals surface area contributed by atoms with Gasteiger partial charge in [0.1, 0.15) is 17.7 Å². The Kier molecular flexibility index (Phi) is 4.13. The first-order valence-electron chi connectivity index (χ1n) is 8.94. The number of pyridine rings is 2. The van der Waals surface area contributed by atoms with Crippen LogP contribution in [0.4, 0.5) is 0 Å². The molecule has 0 aromatic carbocycles. The molecule has 0 N–H and O–H groups in total. The van der Waals surface area contributed by atoms with Gasteiger partial charge in [0, 0.05) is 34.7 Å². The van der Waals surface area contributed by atoms with E-state index in [0.29, 0.717) is 23.1 Å². The molecule has 0 aliphatic rings. The van der Waals surface area contributed by atoms with Crippen molar-refractivity contribution in [3.8, 4) is 17.0 Å². The van der Waals surface area contributed by atoms with Crippen molar-refractivity contribution in [3.05, 3.63) is 65.7 Å². The quantitative estimate of drug-likeness (QED) is 0.454. The van der Waals surface area contributed by atoms with Crippen molar-refractivity contribution in [2.24, 2.45) is 0 Å². The summed E-state index contributed by atoms with van der Waals surface area (Å²) >= 11 is 6.12. The van der Waals surface area contributed by atoms with Crippen molar-refractivity contribution < 1.29 is 4.74 Å². The molecule has 0 aliphatic carbocycles. The molecule has 8 nitrogen and oxygen atoms in total. The maximum Gasteiger partial charge on any atom is 0.241 e. The minimum Gasteiger partial charge on any atom is -0.479 e. The number of aryl methyl sites for hydroxylation is 1. The van der Waals surface area contributed by atoms with Crippen LogP contribution in [0.2, 0.25) is 5.02 Å². The van der Waals surface area contributed by atoms with Crippen LogP contribution in [-0.4, -0.2) is 41.2 Å². The van der Waals surface area contributed by atoms with Crippen LogP contribution >= 0.6 is 11.6 Å². The van der Waals surface area contributed by atoms with E-state index in [0.717, 1.165) is 33.7 Å². The number of hydrogen-bond acceptors (Lipinski definition) is 6. The van der Waals surface area contributed by atoms with Crippen LogP contribution in [0.1, 0.15) is 11.5 Å². The molecule has 5 heterocycles. The van der Waals surface area contributed by atoms with Crippen molar-refractivity contribution in [3.63, 3.8) is 0 Å². The monoisotopic (exact) mass is 405 g/mol. The first kappa shape index (κ1) is 17.6. The van der Waals surface area contributed by atoms with Crippen molar-refractivity contribution in [1.82, 2.24) is 34.1 Å². The largest absolute Gasteiger partial charge is 0.479 e. The first-order chi connectivity index (χ1) is 14.1. The summed E-state index contributed by atoms with van der Waals surface area (Å²) in [6, 6.07) is 7.65. The zero-order chi connectivity index (χ0) is 20.0. The number of imidazole rings is 1. The molecule has 5 aromatic heterocycles. The zero-order valence-electron chi connectivity index (χ0n) is 15.7. The van der Waals surface area contributed by atoms with Gasteiger partial charge >= 0.3 is 0 Å². The Labute approximate surface area is 170 Å². The Bertz CT molecular complexity index is 1360. The highest BCUT2D eigenvalue weighted by Crippen LogP contribution is 2.31. The summed E-state index contributed by atoms with van der Waals surface area (Å²) < 4.78 is 9.24. The second-order valence-corrected chi connectivity index (χ2v) is 7.01. The van der Waals surface area contributed by atoms with E-state index in [9.17, 15) is 0 Å². The van der Waals surface area contributed by atoms with E-state index in [1.54, 1.807) is 30.1 Å². The number of rotatable bonds is 4. The van der Waals surface area contributed by atoms with Gasteiger partial charge in [0.2, 0.25) is 5.88 Å². The van der Waals surface area contributed by atoms with Crippen LogP contribution < -0.4 is 4.74 Å². The number of ether oxygens (including phenoxy) is 1. The fourth-order valence-electron chi connectivity index (χ4n) is 3.47. The Hall–Kier alpha value is -3.52. The molecule has 144 valence electrons. The third kappa shape index (κ3) is 2.98. The average Bonchev–Trinajstić information content (AvgIpc) is 3.29. The second-order valence-electron chi connectivity index (χ2n) is 6.57. The summed E-state index contributed by atoms with van der Waals surface area (Å²) in [5, 5.41) is 4.91. The van der Waals surface area contributed by atoms with Crippen molar-refractivity contribution in [2.45, 2.75) is 13.5 Å². The molecule has 0 amide bonds. The maximum absolute atomic E-state index is 6.12. The highest BCUT2D eigenvalue weighted by molar-refractivity contribution is 6.30. The Morgan fingerprint density at radius 2 is 2.03 bits per heavy atom. The SMILES string of the molecule is COc1ncnn2ccc(-c3cnc4nc(C)n(Cc5cc(Cl)ccn5)c4c3)c12. The number of methoxy groups -OCH3 is 1. The third-order valence-corrected chi connectivity index (χ3v) is 5.05. The van der Waals surface area contributed by atoms with Gasteiger partial charge < -0.3 is 9.30 Å². The predicted octanol–water partition coefficient (Wildman–Crippen LogP) is 3.55. The predicted molar refractivity (Wildman–Crippen MR) is 109 cm³/mol. The smallest absolute Gasteiger partial charge is 0.241 e. The minimum absolute atomic E-state index is 0.507. The lowest BCUT2D eigenvalue weighted by Crippen LogP contribution is -2.03. The Balaban J connectivity index is 1.66. The average molecular weight is 406 g/mol. The third-order valence-electron chi connectivity index (χ3n) is 4.82. The topological polar surface area (TPSA) is 83.0 Å². The van der Waals surface area contributed by atoms with Gasteiger partial charge in [-0.05, 0) is 31.2 Å². The summed E-state index contributed by atoms with van der Waals surface area (Å²) in [7, 11) is 1.59. The summed E-state index contributed by atoms with van der Waals surface area (Å²) in [5.74, 6) is 1.36. The van der Waals surface area contributed by atoms with Crippen LogP contribution in [0, 0.1) is 6.92 Å². The lowest BCUT2D eigenvalue weighted by Gasteiger charge is -2.08. The van der Waals surface area contributed by atoms with E-state index in [2.05, 4.69) is 35.7 Å². The van der Waals surface area contributed by atoms with Crippen LogP contribution in [0.25, 0.3) is 27.8 Å². The molecule has 0 saturated heterocycles. The zero-order valence-corrected chi connectivity index (χ0v) is 16.5. The van der Waals surface area contributed by atoms with Gasteiger partial charge in [-0.15, -0.1) is 0 Å². The summed E-state index contributed by atoms with van der Waals surface area (Å²) in [5.41, 5.74) is 5.10. The van der Waals surface area contributed by atoms with E-state index in [4.69, 9.17) is 16.3 Å². The second kappa shape index (κ2) is 6.82. The lowest BCUT2D eigenvalue weighted by molar-refractivity contribution is 0.399. The van der Waals surface area contributed by atoms with Gasteiger partial charge in [-0.3, -0.25) is 4.98 Å². The van der Waals surface area contributed by atoms with Gasteiger partial charge in [-0.25, -0.2) is 14.5 Å². The van der Waals surface area contributed by atoms with Crippen molar-refractivity contribution in [1.29, 1.82) is 0 Å². The normalized spacial score (nSPS) is 11.4. The number of hydrogen-bond donors (Lipinski definition) is 0. The Morgan fingerprint density at radius 1 is 1.14 bits per heavy atom. The van der Waals surface area contributed by atoms with Crippen molar-refractivity contribution >= 4 is 28.3 Å². The Morgan fingerprint density at radius 3 is 2.86 bits per heavy atom. The first-order valence-corrected chi connectivity index (χ1v) is 9.32. The number of nitrogens with zero attached hydrogens (tertiary/aromatic N) is 7. The van der Waals surface area contributed by atoms with Crippen LogP contribution in [-0.2, 0) is 6.54 Å². The number of halogens is 1. The van der Waals surface area contributed by atoms with Gasteiger partial charge in [0.15, 0.2) is 5.65 Å². The molecule has 5 rings (SSSR count). The maximum atomic E-state index is 6.12. The van der Waals surface area contributed by atoms with E-state index < -0.39 is 0 Å². The molecule has 0 bridgehead atoms. The molecule has 0 aliphatic heterocycles. The summed E-state index contributed by atoms with van der Waals surface area (Å²) in [6.07, 6.45) is 6.85. The molecule has 0 atom stereocenters. The fraction of sp³-hybridized carbons (Fsp3) is 0.150. The molecular weight excluding hydrogens is 390 g/mol. The standard InChI is InChI=1S/C20H16ClN7O/c1-12-26-19-17(27(12)10-15-8-14(21)3-5-22-15)7-13(9-23-19)16-4-6-28-18(16)20(29-2)24-11-25-28/h3-9,11H,10H2,1-2H3. The highest BCUT2D eigenvalue weighted by atomic mass is 35.5. The molecule has 0 saturated carbocycles. The minimum atomic E-state index is 0.507. The van der Waals surface area contributed by atoms with Crippen LogP contribution in [0.15, 0.2) is 49.2 Å². The van der Waals surface area contributed by atoms with E-state index >= 15 is 0 Å². The number of aromatic nitrogens is 7. The van der Waals surface area contributed by atoms with Crippen molar-refractivity contribution in [2.75, 3.05) is 7.11 Å². The molecule has 5 aromatic rings. The molecular formula is C20H16ClN7O. The number of fused-ring (bicyclic) bond motifs is 2. The van der Waals surface area contributed by atoms with Gasteiger partial charge in [-0.1, -0.05) is 11.6 Å². The highest BCUT2D eigenvalue weighted by Gasteiger charge is 2.16. The summed E-state index contributed by atoms with van der Waals surface area (Å²) in [4.78, 5) is 17.8. The molecule has 0 spiro atoms. The van der Waals surface area contributed by atoms with Gasteiger partial charge in [-0.2, -0.15) is 10.1 Å². The molecule has 0 radical (unpaired) electrons. The molecule has 9 heteroatoms. The van der Waals surface area contributed by atoms with E-state index in [1.165, 1.54) is 6.33 Å². The van der Waals surface area contributed by atoms with Crippen LogP contribution in [0.5, 0.6) is 5.88 Å².